The maximum Gasteiger partial charge on any atom is 0.306 e. The first-order valence-electron chi connectivity index (χ1n) is 42.5. The van der Waals surface area contributed by atoms with Crippen molar-refractivity contribution in [3.8, 4) is 0 Å². The minimum atomic E-state index is -1.06. The van der Waals surface area contributed by atoms with E-state index in [4.69, 9.17) is 43.8 Å². The van der Waals surface area contributed by atoms with Crippen LogP contribution in [0.4, 0.5) is 0 Å². The summed E-state index contributed by atoms with van der Waals surface area (Å²) in [5.74, 6) is 13.8. The highest BCUT2D eigenvalue weighted by molar-refractivity contribution is 8.00. The highest BCUT2D eigenvalue weighted by Gasteiger charge is 2.28. The molecule has 8 amide bonds. The van der Waals surface area contributed by atoms with Gasteiger partial charge in [-0.25, -0.2) is 23.4 Å². The lowest BCUT2D eigenvalue weighted by Gasteiger charge is -2.18. The van der Waals surface area contributed by atoms with Crippen LogP contribution in [0.3, 0.4) is 0 Å². The molecule has 0 aliphatic carbocycles. The van der Waals surface area contributed by atoms with Gasteiger partial charge in [-0.2, -0.15) is 47.0 Å². The summed E-state index contributed by atoms with van der Waals surface area (Å²) in [6, 6.07) is -3.22. The van der Waals surface area contributed by atoms with Gasteiger partial charge >= 0.3 is 23.9 Å². The Balaban J connectivity index is -0.000000774. The molecule has 20 N–H and O–H groups in total. The van der Waals surface area contributed by atoms with Crippen LogP contribution in [0.2, 0.25) is 0 Å². The Morgan fingerprint density at radius 3 is 0.621 bits per heavy atom. The Kier molecular flexibility index (Phi) is 74.8. The monoisotopic (exact) mass is 1810 g/mol. The van der Waals surface area contributed by atoms with Gasteiger partial charge in [-0.15, -0.1) is 0 Å². The molecule has 0 aromatic carbocycles. The molecule has 0 saturated heterocycles. The highest BCUT2D eigenvalue weighted by Crippen LogP contribution is 2.20. The molecule has 0 aromatic heterocycles. The van der Waals surface area contributed by atoms with E-state index in [2.05, 4.69) is 216 Å². The van der Waals surface area contributed by atoms with Gasteiger partial charge in [0.05, 0.1) is 24.7 Å². The fourth-order valence-electron chi connectivity index (χ4n) is 10.6. The van der Waals surface area contributed by atoms with Gasteiger partial charge in [0.25, 0.3) is 23.6 Å². The molecular formula is C92H156N12O16S4. The fraction of sp³-hybridized carbons (Fsp3) is 0.609. The summed E-state index contributed by atoms with van der Waals surface area (Å²) < 4.78 is 0. The van der Waals surface area contributed by atoms with Crippen molar-refractivity contribution in [3.05, 3.63) is 140 Å². The standard InChI is InChI=1S/4C23H39N3O4S/c2*1-16(2)8-6-9-17(3)10-7-11-18(4)12-13-31-15-20(22(28)26-24)25-21(27)14-19(5)23(29)30;2*1-16(2)8-6-9-17(3)10-7-11-18(4)12-13-31-15-20(23(30)26-24)25-22(29)19(5)14-21(27)28/h2*8,10,12,19-20H,6-7,9,11,13-15,24H2,1-5H3,(H,25,27)(H,26,28)(H,29,30);2*8,10,12,19-20H,6-7,9,11,13-15,24H2,1-5H3,(H,25,29)(H,26,30)(H,27,28)/b4*17-10+,18-12+/t19-,20+;19-,20-;19-,20+;19-,20-/m1010/s1. The average molecular weight is 1810 g/mol. The number of hydrogen-bond donors (Lipinski definition) is 16. The quantitative estimate of drug-likeness (QED) is 0.00884. The zero-order valence-corrected chi connectivity index (χ0v) is 81.2. The third-order valence-electron chi connectivity index (χ3n) is 18.6. The molecule has 0 bridgehead atoms. The number of hydrazine groups is 4. The van der Waals surface area contributed by atoms with Crippen molar-refractivity contribution in [1.82, 2.24) is 43.0 Å². The first-order chi connectivity index (χ1) is 58.2. The van der Waals surface area contributed by atoms with Crippen LogP contribution in [0, 0.1) is 23.7 Å². The van der Waals surface area contributed by atoms with Crippen molar-refractivity contribution in [3.63, 3.8) is 0 Å². The summed E-state index contributed by atoms with van der Waals surface area (Å²) >= 11 is 6.03. The number of nitrogens with two attached hydrogens (primary N) is 4. The number of amides is 8. The molecular weight excluding hydrogens is 1660 g/mol. The van der Waals surface area contributed by atoms with Crippen LogP contribution in [0.15, 0.2) is 140 Å². The molecule has 28 nitrogen and oxygen atoms in total. The van der Waals surface area contributed by atoms with Gasteiger partial charge in [-0.1, -0.05) is 167 Å². The van der Waals surface area contributed by atoms with Gasteiger partial charge in [0, 0.05) is 70.7 Å². The molecule has 0 saturated carbocycles. The van der Waals surface area contributed by atoms with Gasteiger partial charge in [-0.05, 0) is 214 Å². The summed E-state index contributed by atoms with van der Waals surface area (Å²) in [6.07, 6.45) is 42.4. The minimum Gasteiger partial charge on any atom is -0.481 e. The smallest absolute Gasteiger partial charge is 0.306 e. The molecule has 32 heteroatoms. The third-order valence-corrected chi connectivity index (χ3v) is 22.5. The van der Waals surface area contributed by atoms with E-state index in [9.17, 15) is 57.5 Å². The van der Waals surface area contributed by atoms with Gasteiger partial charge in [0.2, 0.25) is 23.6 Å². The predicted octanol–water partition coefficient (Wildman–Crippen LogP) is 14.9. The van der Waals surface area contributed by atoms with E-state index in [1.165, 1.54) is 142 Å². The number of carboxylic acids is 4. The van der Waals surface area contributed by atoms with Gasteiger partial charge in [0.15, 0.2) is 0 Å². The van der Waals surface area contributed by atoms with E-state index in [0.29, 0.717) is 46.0 Å². The van der Waals surface area contributed by atoms with Crippen LogP contribution >= 0.6 is 47.0 Å². The van der Waals surface area contributed by atoms with Crippen molar-refractivity contribution in [2.45, 2.75) is 291 Å². The molecule has 0 spiro atoms. The van der Waals surface area contributed by atoms with Crippen LogP contribution < -0.4 is 66.3 Å². The second-order valence-electron chi connectivity index (χ2n) is 32.3. The first-order valence-corrected chi connectivity index (χ1v) is 47.1. The molecule has 704 valence electrons. The predicted molar refractivity (Wildman–Crippen MR) is 514 cm³/mol. The second-order valence-corrected chi connectivity index (χ2v) is 36.6. The molecule has 0 radical (unpaired) electrons. The number of hydrogen-bond acceptors (Lipinski definition) is 20. The van der Waals surface area contributed by atoms with Crippen LogP contribution in [0.5, 0.6) is 0 Å². The van der Waals surface area contributed by atoms with Crippen LogP contribution in [-0.4, -0.2) is 162 Å². The van der Waals surface area contributed by atoms with Crippen molar-refractivity contribution < 1.29 is 78.0 Å². The van der Waals surface area contributed by atoms with Crippen molar-refractivity contribution in [2.24, 2.45) is 47.0 Å². The maximum absolute atomic E-state index is 12.1. The number of carbonyl (C=O) groups excluding carboxylic acids is 8. The zero-order chi connectivity index (χ0) is 95.2. The largest absolute Gasteiger partial charge is 0.481 e. The number of nitrogens with one attached hydrogen (secondary N) is 8. The molecule has 0 aromatic rings. The lowest BCUT2D eigenvalue weighted by Crippen LogP contribution is -2.51. The number of rotatable bonds is 60. The van der Waals surface area contributed by atoms with E-state index in [1.54, 1.807) is 0 Å². The molecule has 8 atom stereocenters. The number of allylic oxidation sites excluding steroid dienone is 20. The zero-order valence-electron chi connectivity index (χ0n) is 78.0. The minimum absolute atomic E-state index is 0.186. The third kappa shape index (κ3) is 74.1. The van der Waals surface area contributed by atoms with E-state index in [1.807, 2.05) is 10.9 Å². The lowest BCUT2D eigenvalue weighted by atomic mass is 10.1. The number of carboxylic acid groups (broad SMARTS) is 4. The Labute approximate surface area is 758 Å². The maximum atomic E-state index is 12.1. The summed E-state index contributed by atoms with van der Waals surface area (Å²) in [7, 11) is 0. The van der Waals surface area contributed by atoms with E-state index in [-0.39, 0.29) is 25.7 Å². The van der Waals surface area contributed by atoms with Crippen molar-refractivity contribution in [1.29, 1.82) is 0 Å². The molecule has 0 fully saturated rings. The van der Waals surface area contributed by atoms with Gasteiger partial charge in [0.1, 0.15) is 24.2 Å². The number of aliphatic carboxylic acids is 4. The SMILES string of the molecule is CC(C)=CCC/C(C)=C/CC/C(C)=C/CSC[C@H](NC(=O)C[C@@H](C)C(=O)O)C(=O)NN.CC(C)=CCC/C(C)=C/CC/C(C)=C/CSC[C@H](NC(=O)C[C@H](C)C(=O)O)C(=O)NN.CC(C)=CCC/C(C)=C/CC/C(C)=C/CSC[C@H](NC(=O)[C@@H](C)CC(=O)O)C(=O)NN.CC(C)=CCC/C(C)=C/CC/C(C)=C/CSC[C@H](NC(=O)[C@H](C)CC(=O)O)C(=O)NN. The Bertz CT molecular complexity index is 3430. The summed E-state index contributed by atoms with van der Waals surface area (Å²) in [4.78, 5) is 139. The van der Waals surface area contributed by atoms with Crippen molar-refractivity contribution in [2.75, 3.05) is 46.0 Å². The molecule has 0 aliphatic rings. The Hall–Kier alpha value is -8.24. The number of thioether (sulfide) groups is 4. The van der Waals surface area contributed by atoms with Crippen LogP contribution in [-0.2, 0) is 57.5 Å². The summed E-state index contributed by atoms with van der Waals surface area (Å²) in [5, 5.41) is 45.7. The molecule has 124 heavy (non-hydrogen) atoms. The molecule has 0 heterocycles. The Morgan fingerprint density at radius 2 is 0.444 bits per heavy atom. The highest BCUT2D eigenvalue weighted by atomic mass is 32.2. The molecule has 0 aliphatic heterocycles. The van der Waals surface area contributed by atoms with Crippen molar-refractivity contribution >= 4 is 118 Å². The second kappa shape index (κ2) is 76.0. The van der Waals surface area contributed by atoms with Gasteiger partial charge < -0.3 is 41.7 Å². The van der Waals surface area contributed by atoms with Crippen LogP contribution in [0.25, 0.3) is 0 Å². The summed E-state index contributed by atoms with van der Waals surface area (Å²) in [6.45, 7) is 39.9. The van der Waals surface area contributed by atoms with Gasteiger partial charge in [-0.3, -0.25) is 79.2 Å². The first kappa shape index (κ1) is 122. The van der Waals surface area contributed by atoms with Crippen LogP contribution in [0.1, 0.15) is 267 Å². The van der Waals surface area contributed by atoms with E-state index >= 15 is 0 Å². The van der Waals surface area contributed by atoms with E-state index in [0.717, 1.165) is 103 Å². The Morgan fingerprint density at radius 1 is 0.258 bits per heavy atom. The number of carbonyl (C=O) groups is 12. The topological polar surface area (TPSA) is 486 Å². The van der Waals surface area contributed by atoms with E-state index < -0.39 is 119 Å². The summed E-state index contributed by atoms with van der Waals surface area (Å²) in [5.41, 5.74) is 24.3. The normalized spacial score (nSPS) is 13.9. The molecule has 0 unspecified atom stereocenters. The molecule has 0 rings (SSSR count). The average Bonchev–Trinajstić information content (AvgIpc) is 0.916. The lowest BCUT2D eigenvalue weighted by molar-refractivity contribution is -0.144. The fourth-order valence-corrected chi connectivity index (χ4v) is 14.6.